The fourth-order valence-corrected chi connectivity index (χ4v) is 3.83. The summed E-state index contributed by atoms with van der Waals surface area (Å²) in [7, 11) is 0. The fraction of sp³-hybridized carbons (Fsp3) is 0.269. The number of pyridine rings is 1. The van der Waals surface area contributed by atoms with Gasteiger partial charge in [-0.2, -0.15) is 0 Å². The number of piperidine rings is 1. The first-order valence-corrected chi connectivity index (χ1v) is 11.0. The monoisotopic (exact) mass is 447 g/mol. The number of halogens is 1. The first-order valence-electron chi connectivity index (χ1n) is 11.0. The predicted molar refractivity (Wildman–Crippen MR) is 122 cm³/mol. The van der Waals surface area contributed by atoms with Crippen molar-refractivity contribution < 1.29 is 18.7 Å². The van der Waals surface area contributed by atoms with E-state index in [1.54, 1.807) is 48.4 Å². The van der Waals surface area contributed by atoms with Crippen LogP contribution in [0, 0.1) is 18.7 Å². The van der Waals surface area contributed by atoms with Gasteiger partial charge < -0.3 is 15.0 Å². The molecule has 0 atom stereocenters. The molecule has 0 spiro atoms. The number of para-hydroxylation sites is 1. The minimum atomic E-state index is -0.278. The van der Waals surface area contributed by atoms with Crippen LogP contribution in [0.4, 0.5) is 4.39 Å². The zero-order valence-corrected chi connectivity index (χ0v) is 18.5. The zero-order chi connectivity index (χ0) is 23.2. The van der Waals surface area contributed by atoms with Crippen LogP contribution in [0.15, 0.2) is 66.9 Å². The lowest BCUT2D eigenvalue weighted by atomic mass is 9.95. The Kier molecular flexibility index (Phi) is 6.98. The summed E-state index contributed by atoms with van der Waals surface area (Å²) in [5.74, 6) is 0.173. The van der Waals surface area contributed by atoms with Crippen LogP contribution < -0.4 is 10.1 Å². The maximum atomic E-state index is 13.7. The molecule has 0 unspecified atom stereocenters. The Morgan fingerprint density at radius 1 is 1.09 bits per heavy atom. The molecule has 3 aromatic rings. The molecule has 0 bridgehead atoms. The number of carbonyl (C=O) groups is 2. The number of benzene rings is 2. The number of nitrogens with one attached hydrogen (secondary N) is 1. The summed E-state index contributed by atoms with van der Waals surface area (Å²) >= 11 is 0. The number of amides is 2. The molecule has 6 nitrogen and oxygen atoms in total. The highest BCUT2D eigenvalue weighted by molar-refractivity contribution is 5.96. The Balaban J connectivity index is 1.33. The summed E-state index contributed by atoms with van der Waals surface area (Å²) in [6.07, 6.45) is 2.72. The van der Waals surface area contributed by atoms with E-state index >= 15 is 0 Å². The van der Waals surface area contributed by atoms with Crippen molar-refractivity contribution in [2.45, 2.75) is 26.3 Å². The minimum Gasteiger partial charge on any atom is -0.438 e. The number of hydrogen-bond acceptors (Lipinski definition) is 4. The van der Waals surface area contributed by atoms with E-state index in [-0.39, 0.29) is 36.0 Å². The molecule has 4 rings (SSSR count). The average molecular weight is 448 g/mol. The fourth-order valence-electron chi connectivity index (χ4n) is 3.83. The number of ether oxygens (including phenoxy) is 1. The summed E-state index contributed by atoms with van der Waals surface area (Å²) in [6.45, 7) is 2.92. The first-order chi connectivity index (χ1) is 16.0. The molecule has 1 aromatic heterocycles. The van der Waals surface area contributed by atoms with Gasteiger partial charge in [-0.1, -0.05) is 30.3 Å². The molecule has 2 heterocycles. The van der Waals surface area contributed by atoms with Crippen LogP contribution in [-0.2, 0) is 11.3 Å². The van der Waals surface area contributed by atoms with Gasteiger partial charge in [0.2, 0.25) is 11.8 Å². The van der Waals surface area contributed by atoms with E-state index in [4.69, 9.17) is 4.74 Å². The van der Waals surface area contributed by atoms with E-state index < -0.39 is 0 Å². The molecule has 1 aliphatic heterocycles. The third kappa shape index (κ3) is 5.55. The number of nitrogens with zero attached hydrogens (tertiary/aromatic N) is 2. The lowest BCUT2D eigenvalue weighted by Crippen LogP contribution is -2.43. The Labute approximate surface area is 192 Å². The molecule has 170 valence electrons. The van der Waals surface area contributed by atoms with Crippen LogP contribution in [-0.4, -0.2) is 34.8 Å². The largest absolute Gasteiger partial charge is 0.438 e. The van der Waals surface area contributed by atoms with Gasteiger partial charge in [-0.3, -0.25) is 9.59 Å². The predicted octanol–water partition coefficient (Wildman–Crippen LogP) is 4.49. The number of rotatable bonds is 6. The zero-order valence-electron chi connectivity index (χ0n) is 18.5. The molecule has 0 saturated carbocycles. The number of aromatic nitrogens is 1. The summed E-state index contributed by atoms with van der Waals surface area (Å²) in [5.41, 5.74) is 1.69. The summed E-state index contributed by atoms with van der Waals surface area (Å²) in [6, 6.07) is 17.6. The van der Waals surface area contributed by atoms with Crippen LogP contribution in [0.5, 0.6) is 11.6 Å². The number of hydrogen-bond donors (Lipinski definition) is 1. The topological polar surface area (TPSA) is 71.5 Å². The second-order valence-electron chi connectivity index (χ2n) is 8.14. The van der Waals surface area contributed by atoms with Crippen molar-refractivity contribution in [2.24, 2.45) is 5.92 Å². The van der Waals surface area contributed by atoms with Crippen molar-refractivity contribution >= 4 is 11.8 Å². The highest BCUT2D eigenvalue weighted by Crippen LogP contribution is 2.26. The molecular weight excluding hydrogens is 421 g/mol. The summed E-state index contributed by atoms with van der Waals surface area (Å²) in [4.78, 5) is 31.7. The quantitative estimate of drug-likeness (QED) is 0.604. The van der Waals surface area contributed by atoms with Crippen LogP contribution in [0.2, 0.25) is 0 Å². The van der Waals surface area contributed by atoms with Gasteiger partial charge in [0, 0.05) is 31.7 Å². The van der Waals surface area contributed by atoms with Crippen LogP contribution in [0.1, 0.15) is 34.3 Å². The Morgan fingerprint density at radius 2 is 1.85 bits per heavy atom. The van der Waals surface area contributed by atoms with E-state index in [2.05, 4.69) is 10.3 Å². The normalized spacial score (nSPS) is 14.1. The van der Waals surface area contributed by atoms with E-state index in [1.807, 2.05) is 24.3 Å². The van der Waals surface area contributed by atoms with Gasteiger partial charge in [0.05, 0.1) is 0 Å². The van der Waals surface area contributed by atoms with Gasteiger partial charge in [-0.05, 0) is 61.2 Å². The molecule has 33 heavy (non-hydrogen) atoms. The van der Waals surface area contributed by atoms with Crippen molar-refractivity contribution in [2.75, 3.05) is 13.1 Å². The maximum Gasteiger partial charge on any atom is 0.259 e. The van der Waals surface area contributed by atoms with Crippen molar-refractivity contribution in [3.8, 4) is 11.6 Å². The maximum absolute atomic E-state index is 13.7. The highest BCUT2D eigenvalue weighted by Gasteiger charge is 2.29. The number of aryl methyl sites for hydroxylation is 1. The molecule has 1 fully saturated rings. The molecule has 2 amide bonds. The second kappa shape index (κ2) is 10.3. The lowest BCUT2D eigenvalue weighted by Gasteiger charge is -2.31. The molecule has 0 aliphatic carbocycles. The van der Waals surface area contributed by atoms with Gasteiger partial charge >= 0.3 is 0 Å². The van der Waals surface area contributed by atoms with Gasteiger partial charge in [-0.15, -0.1) is 0 Å². The van der Waals surface area contributed by atoms with E-state index in [0.29, 0.717) is 42.8 Å². The van der Waals surface area contributed by atoms with Crippen molar-refractivity contribution in [3.63, 3.8) is 0 Å². The van der Waals surface area contributed by atoms with E-state index in [9.17, 15) is 14.0 Å². The highest BCUT2D eigenvalue weighted by atomic mass is 19.1. The van der Waals surface area contributed by atoms with Crippen molar-refractivity contribution in [1.82, 2.24) is 15.2 Å². The molecule has 1 N–H and O–H groups in total. The van der Waals surface area contributed by atoms with E-state index in [0.717, 1.165) is 5.56 Å². The van der Waals surface area contributed by atoms with Crippen LogP contribution in [0.3, 0.4) is 0 Å². The lowest BCUT2D eigenvalue weighted by molar-refractivity contribution is -0.126. The Hall–Kier alpha value is -3.74. The molecule has 2 aromatic carbocycles. The van der Waals surface area contributed by atoms with Gasteiger partial charge in [0.15, 0.2) is 0 Å². The number of carbonyl (C=O) groups excluding carboxylic acids is 2. The molecular formula is C26H26FN3O3. The standard InChI is InChI=1S/C26H26FN3O3/c1-18-9-10-19(16-23(18)27)17-29-24(31)20-11-14-30(15-12-20)26(32)22-8-5-13-28-25(22)33-21-6-3-2-4-7-21/h2-10,13,16,20H,11-12,14-15,17H2,1H3,(H,29,31). The first kappa shape index (κ1) is 22.5. The van der Waals surface area contributed by atoms with Crippen molar-refractivity contribution in [3.05, 3.63) is 89.4 Å². The summed E-state index contributed by atoms with van der Waals surface area (Å²) in [5, 5.41) is 2.89. The van der Waals surface area contributed by atoms with Gasteiger partial charge in [0.25, 0.3) is 5.91 Å². The van der Waals surface area contributed by atoms with Crippen LogP contribution in [0.25, 0.3) is 0 Å². The molecule has 7 heteroatoms. The smallest absolute Gasteiger partial charge is 0.259 e. The third-order valence-electron chi connectivity index (χ3n) is 5.82. The van der Waals surface area contributed by atoms with Gasteiger partial charge in [0.1, 0.15) is 17.1 Å². The number of likely N-dealkylation sites (tertiary alicyclic amines) is 1. The Bertz CT molecular complexity index is 1130. The molecule has 0 radical (unpaired) electrons. The third-order valence-corrected chi connectivity index (χ3v) is 5.82. The minimum absolute atomic E-state index is 0.0717. The van der Waals surface area contributed by atoms with Crippen molar-refractivity contribution in [1.29, 1.82) is 0 Å². The van der Waals surface area contributed by atoms with E-state index in [1.165, 1.54) is 6.07 Å². The van der Waals surface area contributed by atoms with Gasteiger partial charge in [-0.25, -0.2) is 9.37 Å². The molecule has 1 aliphatic rings. The SMILES string of the molecule is Cc1ccc(CNC(=O)C2CCN(C(=O)c3cccnc3Oc3ccccc3)CC2)cc1F. The second-order valence-corrected chi connectivity index (χ2v) is 8.14. The summed E-state index contributed by atoms with van der Waals surface area (Å²) < 4.78 is 19.5. The molecule has 1 saturated heterocycles. The van der Waals surface area contributed by atoms with Crippen LogP contribution >= 0.6 is 0 Å². The Morgan fingerprint density at radius 3 is 2.58 bits per heavy atom. The average Bonchev–Trinajstić information content (AvgIpc) is 2.85.